The van der Waals surface area contributed by atoms with Crippen molar-refractivity contribution in [1.29, 1.82) is 0 Å². The molecule has 2 aromatic heterocycles. The predicted molar refractivity (Wildman–Crippen MR) is 94.6 cm³/mol. The summed E-state index contributed by atoms with van der Waals surface area (Å²) >= 11 is 4.61. The van der Waals surface area contributed by atoms with Crippen LogP contribution in [0.15, 0.2) is 46.3 Å². The number of aryl methyl sites for hydroxylation is 1. The van der Waals surface area contributed by atoms with Crippen LogP contribution in [0.3, 0.4) is 0 Å². The lowest BCUT2D eigenvalue weighted by Crippen LogP contribution is -2.42. The highest BCUT2D eigenvalue weighted by atomic mass is 79.9. The smallest absolute Gasteiger partial charge is 0.286 e. The summed E-state index contributed by atoms with van der Waals surface area (Å²) in [5.74, 6) is -0.680. The maximum absolute atomic E-state index is 12.4. The fourth-order valence-electron chi connectivity index (χ4n) is 2.41. The van der Waals surface area contributed by atoms with Gasteiger partial charge in [-0.1, -0.05) is 18.2 Å². The molecular weight excluding hydrogens is 378 g/mol. The molecule has 2 heterocycles. The Balaban J connectivity index is 1.77. The predicted octanol–water partition coefficient (Wildman–Crippen LogP) is 3.56. The highest BCUT2D eigenvalue weighted by molar-refractivity contribution is 9.11. The molecule has 0 aliphatic heterocycles. The van der Waals surface area contributed by atoms with E-state index in [2.05, 4.69) is 26.8 Å². The number of nitrogens with zero attached hydrogens (tertiary/aromatic N) is 1. The van der Waals surface area contributed by atoms with Crippen molar-refractivity contribution in [3.8, 4) is 0 Å². The van der Waals surface area contributed by atoms with E-state index in [0.717, 1.165) is 14.7 Å². The largest absolute Gasteiger partial charge is 0.337 e. The van der Waals surface area contributed by atoms with Crippen LogP contribution in [0, 0.1) is 0 Å². The number of hydrogen-bond donors (Lipinski definition) is 2. The maximum atomic E-state index is 12.4. The standard InChI is InChI=1S/C16H14BrN3O2S/c1-2-20-11-6-4-3-5-10(11)9-12(20)15(21)18-19-16(22)13-7-8-14(17)23-13/h3-9H,2H2,1H3,(H,18,21)(H,19,22). The Hall–Kier alpha value is -2.12. The van der Waals surface area contributed by atoms with Crippen molar-refractivity contribution >= 4 is 50.0 Å². The number of amides is 2. The molecule has 0 aliphatic carbocycles. The fraction of sp³-hybridized carbons (Fsp3) is 0.125. The quantitative estimate of drug-likeness (QED) is 0.670. The molecule has 0 saturated carbocycles. The van der Waals surface area contributed by atoms with E-state index in [1.54, 1.807) is 12.1 Å². The lowest BCUT2D eigenvalue weighted by atomic mass is 10.2. The second kappa shape index (κ2) is 6.55. The lowest BCUT2D eigenvalue weighted by Gasteiger charge is -2.09. The minimum Gasteiger partial charge on any atom is -0.337 e. The molecule has 23 heavy (non-hydrogen) atoms. The highest BCUT2D eigenvalue weighted by Crippen LogP contribution is 2.22. The number of hydrazine groups is 1. The first-order valence-electron chi connectivity index (χ1n) is 7.04. The third kappa shape index (κ3) is 3.16. The summed E-state index contributed by atoms with van der Waals surface area (Å²) in [5, 5.41) is 0.994. The number of fused-ring (bicyclic) bond motifs is 1. The molecule has 0 atom stereocenters. The Morgan fingerprint density at radius 1 is 1.13 bits per heavy atom. The number of aromatic nitrogens is 1. The van der Waals surface area contributed by atoms with Crippen molar-refractivity contribution in [2.24, 2.45) is 0 Å². The summed E-state index contributed by atoms with van der Waals surface area (Å²) in [7, 11) is 0. The van der Waals surface area contributed by atoms with Gasteiger partial charge in [0, 0.05) is 17.4 Å². The fourth-order valence-corrected chi connectivity index (χ4v) is 3.70. The van der Waals surface area contributed by atoms with Crippen LogP contribution in [0.1, 0.15) is 27.1 Å². The number of carbonyl (C=O) groups excluding carboxylic acids is 2. The van der Waals surface area contributed by atoms with Crippen LogP contribution in [0.5, 0.6) is 0 Å². The molecule has 2 N–H and O–H groups in total. The van der Waals surface area contributed by atoms with E-state index < -0.39 is 0 Å². The van der Waals surface area contributed by atoms with Crippen molar-refractivity contribution in [3.63, 3.8) is 0 Å². The summed E-state index contributed by atoms with van der Waals surface area (Å²) < 4.78 is 2.78. The average molecular weight is 392 g/mol. The van der Waals surface area contributed by atoms with Crippen LogP contribution in [-0.2, 0) is 6.54 Å². The van der Waals surface area contributed by atoms with E-state index in [1.165, 1.54) is 11.3 Å². The van der Waals surface area contributed by atoms with E-state index in [1.807, 2.05) is 41.8 Å². The molecule has 0 spiro atoms. The molecule has 0 bridgehead atoms. The summed E-state index contributed by atoms with van der Waals surface area (Å²) in [6.07, 6.45) is 0. The lowest BCUT2D eigenvalue weighted by molar-refractivity contribution is 0.0844. The molecule has 0 aliphatic rings. The van der Waals surface area contributed by atoms with Crippen molar-refractivity contribution in [2.45, 2.75) is 13.5 Å². The van der Waals surface area contributed by atoms with Crippen LogP contribution in [0.2, 0.25) is 0 Å². The van der Waals surface area contributed by atoms with E-state index in [0.29, 0.717) is 17.1 Å². The first kappa shape index (κ1) is 15.8. The SMILES string of the molecule is CCn1c(C(=O)NNC(=O)c2ccc(Br)s2)cc2ccccc21. The molecule has 118 valence electrons. The van der Waals surface area contributed by atoms with Gasteiger partial charge >= 0.3 is 0 Å². The molecule has 2 amide bonds. The van der Waals surface area contributed by atoms with Gasteiger partial charge in [0.1, 0.15) is 5.69 Å². The normalized spacial score (nSPS) is 10.7. The topological polar surface area (TPSA) is 63.1 Å². The third-order valence-electron chi connectivity index (χ3n) is 3.45. The zero-order chi connectivity index (χ0) is 16.4. The Labute approximate surface area is 145 Å². The number of halogens is 1. The minimum absolute atomic E-state index is 0.340. The Morgan fingerprint density at radius 2 is 1.87 bits per heavy atom. The van der Waals surface area contributed by atoms with Crippen LogP contribution in [0.25, 0.3) is 10.9 Å². The van der Waals surface area contributed by atoms with E-state index in [9.17, 15) is 9.59 Å². The maximum Gasteiger partial charge on any atom is 0.286 e. The number of rotatable bonds is 3. The van der Waals surface area contributed by atoms with E-state index in [-0.39, 0.29) is 11.8 Å². The van der Waals surface area contributed by atoms with Gasteiger partial charge in [0.15, 0.2) is 0 Å². The molecule has 0 radical (unpaired) electrons. The number of thiophene rings is 1. The summed E-state index contributed by atoms with van der Waals surface area (Å²) in [6.45, 7) is 2.65. The van der Waals surface area contributed by atoms with Gasteiger partial charge < -0.3 is 4.57 Å². The molecule has 7 heteroatoms. The molecule has 0 fully saturated rings. The Kier molecular flexibility index (Phi) is 4.49. The average Bonchev–Trinajstić information content (AvgIpc) is 3.15. The van der Waals surface area contributed by atoms with Gasteiger partial charge in [0.2, 0.25) is 0 Å². The number of carbonyl (C=O) groups is 2. The van der Waals surface area contributed by atoms with Crippen LogP contribution < -0.4 is 10.9 Å². The van der Waals surface area contributed by atoms with Gasteiger partial charge in [-0.25, -0.2) is 0 Å². The Morgan fingerprint density at radius 3 is 2.57 bits per heavy atom. The summed E-state index contributed by atoms with van der Waals surface area (Å²) in [5.41, 5.74) is 6.43. The number of hydrogen-bond acceptors (Lipinski definition) is 3. The zero-order valence-electron chi connectivity index (χ0n) is 12.3. The molecule has 3 aromatic rings. The second-order valence-corrected chi connectivity index (χ2v) is 7.31. The Bertz CT molecular complexity index is 884. The molecular formula is C16H14BrN3O2S. The first-order chi connectivity index (χ1) is 11.1. The van der Waals surface area contributed by atoms with Gasteiger partial charge in [-0.2, -0.15) is 0 Å². The van der Waals surface area contributed by atoms with Crippen LogP contribution in [-0.4, -0.2) is 16.4 Å². The second-order valence-electron chi connectivity index (χ2n) is 4.84. The van der Waals surface area contributed by atoms with Crippen molar-refractivity contribution < 1.29 is 9.59 Å². The molecule has 1 aromatic carbocycles. The number of nitrogens with one attached hydrogen (secondary N) is 2. The molecule has 5 nitrogen and oxygen atoms in total. The molecule has 0 saturated heterocycles. The highest BCUT2D eigenvalue weighted by Gasteiger charge is 2.16. The van der Waals surface area contributed by atoms with Crippen molar-refractivity contribution in [1.82, 2.24) is 15.4 Å². The van der Waals surface area contributed by atoms with Gasteiger partial charge in [0.05, 0.1) is 8.66 Å². The zero-order valence-corrected chi connectivity index (χ0v) is 14.7. The van der Waals surface area contributed by atoms with Crippen molar-refractivity contribution in [3.05, 3.63) is 56.8 Å². The first-order valence-corrected chi connectivity index (χ1v) is 8.65. The number of para-hydroxylation sites is 1. The number of benzene rings is 1. The van der Waals surface area contributed by atoms with Gasteiger partial charge in [-0.3, -0.25) is 20.4 Å². The van der Waals surface area contributed by atoms with Crippen molar-refractivity contribution in [2.75, 3.05) is 0 Å². The van der Waals surface area contributed by atoms with Crippen LogP contribution >= 0.6 is 27.3 Å². The summed E-state index contributed by atoms with van der Waals surface area (Å²) in [6, 6.07) is 13.1. The molecule has 0 unspecified atom stereocenters. The third-order valence-corrected chi connectivity index (χ3v) is 5.07. The molecule has 3 rings (SSSR count). The van der Waals surface area contributed by atoms with Gasteiger partial charge in [-0.15, -0.1) is 11.3 Å². The monoisotopic (exact) mass is 391 g/mol. The van der Waals surface area contributed by atoms with Gasteiger partial charge in [0.25, 0.3) is 11.8 Å². The van der Waals surface area contributed by atoms with E-state index >= 15 is 0 Å². The van der Waals surface area contributed by atoms with Crippen LogP contribution in [0.4, 0.5) is 0 Å². The minimum atomic E-state index is -0.341. The van der Waals surface area contributed by atoms with E-state index in [4.69, 9.17) is 0 Å². The van der Waals surface area contributed by atoms with Gasteiger partial charge in [-0.05, 0) is 47.1 Å². The summed E-state index contributed by atoms with van der Waals surface area (Å²) in [4.78, 5) is 24.9.